The fourth-order valence-electron chi connectivity index (χ4n) is 5.70. The van der Waals surface area contributed by atoms with Crippen LogP contribution >= 0.6 is 0 Å². The normalized spacial score (nSPS) is 16.4. The average Bonchev–Trinajstić information content (AvgIpc) is 3.51. The lowest BCUT2D eigenvalue weighted by Gasteiger charge is -2.38. The van der Waals surface area contributed by atoms with Gasteiger partial charge < -0.3 is 19.7 Å². The quantitative estimate of drug-likeness (QED) is 0.287. The van der Waals surface area contributed by atoms with Crippen LogP contribution in [0.1, 0.15) is 70.1 Å². The van der Waals surface area contributed by atoms with E-state index in [0.29, 0.717) is 36.0 Å². The van der Waals surface area contributed by atoms with E-state index in [2.05, 4.69) is 53.3 Å². The highest BCUT2D eigenvalue weighted by atomic mass is 19.1. The van der Waals surface area contributed by atoms with Crippen molar-refractivity contribution < 1.29 is 23.5 Å². The molecular formula is C36H45FN4O4. The van der Waals surface area contributed by atoms with Gasteiger partial charge in [-0.1, -0.05) is 50.2 Å². The molecule has 3 aromatic rings. The van der Waals surface area contributed by atoms with Crippen LogP contribution in [0.4, 0.5) is 9.18 Å². The highest BCUT2D eigenvalue weighted by Crippen LogP contribution is 2.26. The summed E-state index contributed by atoms with van der Waals surface area (Å²) in [5.41, 5.74) is 3.69. The van der Waals surface area contributed by atoms with Gasteiger partial charge in [-0.3, -0.25) is 9.69 Å². The van der Waals surface area contributed by atoms with Crippen molar-refractivity contribution in [3.05, 3.63) is 83.3 Å². The number of nitrogens with zero attached hydrogens (tertiary/aromatic N) is 3. The fourth-order valence-corrected chi connectivity index (χ4v) is 5.70. The van der Waals surface area contributed by atoms with E-state index in [1.54, 1.807) is 44.0 Å². The second-order valence-electron chi connectivity index (χ2n) is 13.5. The lowest BCUT2D eigenvalue weighted by atomic mass is 10.00. The van der Waals surface area contributed by atoms with Crippen LogP contribution in [0.5, 0.6) is 5.88 Å². The van der Waals surface area contributed by atoms with Gasteiger partial charge in [0.05, 0.1) is 0 Å². The Morgan fingerprint density at radius 2 is 1.69 bits per heavy atom. The van der Waals surface area contributed by atoms with Gasteiger partial charge in [-0.2, -0.15) is 0 Å². The molecule has 0 bridgehead atoms. The summed E-state index contributed by atoms with van der Waals surface area (Å²) in [6.45, 7) is 13.5. The summed E-state index contributed by atoms with van der Waals surface area (Å²) in [6, 6.07) is 16.5. The van der Waals surface area contributed by atoms with Crippen molar-refractivity contribution >= 4 is 12.0 Å². The van der Waals surface area contributed by atoms with Crippen LogP contribution in [0.3, 0.4) is 0 Å². The minimum Gasteiger partial charge on any atom is -0.472 e. The molecule has 1 N–H and O–H groups in total. The number of likely N-dealkylation sites (tertiary alicyclic amines) is 2. The summed E-state index contributed by atoms with van der Waals surface area (Å²) in [5, 5.41) is 2.68. The Kier molecular flexibility index (Phi) is 10.1. The Hall–Kier alpha value is -3.98. The lowest BCUT2D eigenvalue weighted by molar-refractivity contribution is -0.132. The van der Waals surface area contributed by atoms with Crippen molar-refractivity contribution in [2.45, 2.75) is 84.1 Å². The predicted octanol–water partition coefficient (Wildman–Crippen LogP) is 6.33. The summed E-state index contributed by atoms with van der Waals surface area (Å²) in [7, 11) is 0. The first-order valence-electron chi connectivity index (χ1n) is 15.9. The van der Waals surface area contributed by atoms with Gasteiger partial charge in [-0.05, 0) is 73.9 Å². The number of hydrogen-bond acceptors (Lipinski definition) is 6. The fraction of sp³-hybridized carbons (Fsp3) is 0.472. The van der Waals surface area contributed by atoms with Crippen molar-refractivity contribution in [1.29, 1.82) is 0 Å². The number of hydrogen-bond donors (Lipinski definition) is 1. The van der Waals surface area contributed by atoms with E-state index < -0.39 is 23.6 Å². The number of pyridine rings is 1. The molecule has 1 atom stereocenters. The summed E-state index contributed by atoms with van der Waals surface area (Å²) < 4.78 is 26.8. The minimum absolute atomic E-state index is 0.0212. The molecule has 0 unspecified atom stereocenters. The molecule has 2 aliphatic heterocycles. The van der Waals surface area contributed by atoms with Crippen molar-refractivity contribution in [2.24, 2.45) is 0 Å². The van der Waals surface area contributed by atoms with E-state index in [9.17, 15) is 9.59 Å². The number of aromatic nitrogens is 1. The van der Waals surface area contributed by atoms with Gasteiger partial charge in [0.1, 0.15) is 23.6 Å². The third-order valence-electron chi connectivity index (χ3n) is 8.22. The molecule has 0 saturated carbocycles. The molecule has 8 nitrogen and oxygen atoms in total. The molecule has 0 aliphatic carbocycles. The highest BCUT2D eigenvalue weighted by Gasteiger charge is 2.31. The van der Waals surface area contributed by atoms with Crippen LogP contribution in [-0.4, -0.2) is 70.7 Å². The molecule has 0 spiro atoms. The second-order valence-corrected chi connectivity index (χ2v) is 13.5. The van der Waals surface area contributed by atoms with E-state index in [-0.39, 0.29) is 18.4 Å². The second kappa shape index (κ2) is 14.0. The molecule has 2 saturated heterocycles. The number of rotatable bonds is 10. The van der Waals surface area contributed by atoms with Crippen LogP contribution in [-0.2, 0) is 22.5 Å². The first kappa shape index (κ1) is 32.4. The van der Waals surface area contributed by atoms with Crippen LogP contribution in [0.25, 0.3) is 11.1 Å². The van der Waals surface area contributed by atoms with Crippen molar-refractivity contribution in [2.75, 3.05) is 26.2 Å². The summed E-state index contributed by atoms with van der Waals surface area (Å²) in [5.74, 6) is 0.392. The Balaban J connectivity index is 1.16. The van der Waals surface area contributed by atoms with Crippen molar-refractivity contribution in [1.82, 2.24) is 20.1 Å². The van der Waals surface area contributed by atoms with Gasteiger partial charge >= 0.3 is 6.09 Å². The maximum atomic E-state index is 15.4. The maximum Gasteiger partial charge on any atom is 0.408 e. The Morgan fingerprint density at radius 1 is 1.00 bits per heavy atom. The monoisotopic (exact) mass is 616 g/mol. The van der Waals surface area contributed by atoms with E-state index >= 15 is 4.39 Å². The largest absolute Gasteiger partial charge is 0.472 e. The van der Waals surface area contributed by atoms with Gasteiger partial charge in [0.25, 0.3) is 0 Å². The SMILES string of the molecule is CC(C)c1ccc(CN2CC(Oc3ccc(-c4ccc(C[C@H](NC(=O)OC(C)(C)C)C(=O)N5CCCC5)c(F)c4)cn3)C2)cc1. The van der Waals surface area contributed by atoms with Crippen LogP contribution < -0.4 is 10.1 Å². The first-order valence-corrected chi connectivity index (χ1v) is 15.9. The van der Waals surface area contributed by atoms with Gasteiger partial charge in [-0.15, -0.1) is 0 Å². The molecule has 5 rings (SSSR count). The molecule has 240 valence electrons. The topological polar surface area (TPSA) is 84.0 Å². The molecular weight excluding hydrogens is 571 g/mol. The molecule has 2 aromatic carbocycles. The predicted molar refractivity (Wildman–Crippen MR) is 173 cm³/mol. The number of alkyl carbamates (subject to hydrolysis) is 1. The number of benzene rings is 2. The number of carbonyl (C=O) groups is 2. The molecule has 2 aliphatic rings. The zero-order chi connectivity index (χ0) is 32.1. The van der Waals surface area contributed by atoms with Crippen LogP contribution in [0.15, 0.2) is 60.8 Å². The number of ether oxygens (including phenoxy) is 2. The number of nitrogens with one attached hydrogen (secondary N) is 1. The van der Waals surface area contributed by atoms with Crippen LogP contribution in [0.2, 0.25) is 0 Å². The van der Waals surface area contributed by atoms with Crippen LogP contribution in [0, 0.1) is 5.82 Å². The number of halogens is 1. The van der Waals surface area contributed by atoms with E-state index in [4.69, 9.17) is 9.47 Å². The molecule has 1 aromatic heterocycles. The summed E-state index contributed by atoms with van der Waals surface area (Å²) in [4.78, 5) is 34.3. The summed E-state index contributed by atoms with van der Waals surface area (Å²) >= 11 is 0. The van der Waals surface area contributed by atoms with Crippen molar-refractivity contribution in [3.8, 4) is 17.0 Å². The minimum atomic E-state index is -0.927. The number of carbonyl (C=O) groups excluding carboxylic acids is 2. The zero-order valence-electron chi connectivity index (χ0n) is 27.0. The first-order chi connectivity index (χ1) is 21.4. The van der Waals surface area contributed by atoms with E-state index in [1.807, 2.05) is 12.1 Å². The molecule has 3 heterocycles. The Morgan fingerprint density at radius 3 is 2.29 bits per heavy atom. The van der Waals surface area contributed by atoms with Gasteiger partial charge in [0, 0.05) is 57.0 Å². The third-order valence-corrected chi connectivity index (χ3v) is 8.22. The third kappa shape index (κ3) is 8.81. The van der Waals surface area contributed by atoms with Gasteiger partial charge in [0.2, 0.25) is 11.8 Å². The Bertz CT molecular complexity index is 1460. The molecule has 0 radical (unpaired) electrons. The van der Waals surface area contributed by atoms with E-state index in [0.717, 1.165) is 38.0 Å². The van der Waals surface area contributed by atoms with Gasteiger partial charge in [0.15, 0.2) is 0 Å². The number of amides is 2. The molecule has 2 amide bonds. The van der Waals surface area contributed by atoms with Gasteiger partial charge in [-0.25, -0.2) is 14.2 Å². The highest BCUT2D eigenvalue weighted by molar-refractivity contribution is 5.86. The smallest absolute Gasteiger partial charge is 0.408 e. The lowest BCUT2D eigenvalue weighted by Crippen LogP contribution is -2.53. The molecule has 45 heavy (non-hydrogen) atoms. The zero-order valence-corrected chi connectivity index (χ0v) is 27.0. The Labute approximate surface area is 265 Å². The summed E-state index contributed by atoms with van der Waals surface area (Å²) in [6.07, 6.45) is 2.92. The van der Waals surface area contributed by atoms with Crippen molar-refractivity contribution in [3.63, 3.8) is 0 Å². The average molecular weight is 617 g/mol. The maximum absolute atomic E-state index is 15.4. The molecule has 9 heteroatoms. The standard InChI is InChI=1S/C36H45FN4O4/c1-24(2)26-10-8-25(9-11-26)21-40-22-30(23-40)44-33-15-14-29(20-38-33)27-12-13-28(31(37)18-27)19-32(34(42)41-16-6-7-17-41)39-35(43)45-36(3,4)5/h8-15,18,20,24,30,32H,6-7,16-17,19,21-23H2,1-5H3,(H,39,43)/t32-/m0/s1. The molecule has 2 fully saturated rings. The van der Waals surface area contributed by atoms with E-state index in [1.165, 1.54) is 17.2 Å².